The topological polar surface area (TPSA) is 97.2 Å². The Morgan fingerprint density at radius 1 is 1.32 bits per heavy atom. The summed E-state index contributed by atoms with van der Waals surface area (Å²) in [6.45, 7) is 7.26. The minimum atomic E-state index is -0.681. The molecular weight excluding hydrogens is 361 g/mol. The van der Waals surface area contributed by atoms with Crippen molar-refractivity contribution in [1.82, 2.24) is 10.3 Å². The monoisotopic (exact) mass is 387 g/mol. The summed E-state index contributed by atoms with van der Waals surface area (Å²) >= 11 is 0. The van der Waals surface area contributed by atoms with Crippen LogP contribution in [0.4, 0.5) is 9.18 Å². The van der Waals surface area contributed by atoms with Gasteiger partial charge >= 0.3 is 6.09 Å². The second-order valence-corrected chi connectivity index (χ2v) is 8.24. The molecule has 2 amide bonds. The third kappa shape index (κ3) is 4.18. The summed E-state index contributed by atoms with van der Waals surface area (Å²) in [5, 5.41) is 3.49. The molecule has 3 rings (SSSR count). The quantitative estimate of drug-likeness (QED) is 0.737. The van der Waals surface area contributed by atoms with E-state index in [9.17, 15) is 14.0 Å². The van der Waals surface area contributed by atoms with Crippen molar-refractivity contribution >= 4 is 28.5 Å². The minimum Gasteiger partial charge on any atom is -0.444 e. The number of aromatic amines is 1. The molecule has 0 radical (unpaired) electrons. The predicted molar refractivity (Wildman–Crippen MR) is 106 cm³/mol. The van der Waals surface area contributed by atoms with Gasteiger partial charge in [-0.2, -0.15) is 0 Å². The van der Waals surface area contributed by atoms with Crippen molar-refractivity contribution in [3.05, 3.63) is 40.8 Å². The number of nitrogens with one attached hydrogen (secondary N) is 2. The molecule has 1 aliphatic rings. The first-order valence-corrected chi connectivity index (χ1v) is 9.35. The minimum absolute atomic E-state index is 0.129. The van der Waals surface area contributed by atoms with Gasteiger partial charge in [-0.25, -0.2) is 9.18 Å². The summed E-state index contributed by atoms with van der Waals surface area (Å²) in [5.41, 5.74) is 7.54. The average molecular weight is 387 g/mol. The Kier molecular flexibility index (Phi) is 5.19. The number of benzene rings is 1. The molecule has 0 saturated heterocycles. The van der Waals surface area contributed by atoms with E-state index in [4.69, 9.17) is 10.5 Å². The molecule has 1 aromatic heterocycles. The number of ether oxygens (including phenoxy) is 1. The van der Waals surface area contributed by atoms with Gasteiger partial charge in [0.25, 0.3) is 5.91 Å². The standard InChI is InChI=1S/C21H26FN3O3/c1-11-8-14-17(16(22)10-15(19(23)26)18(14)24-11)12-6-5-7-13(9-12)25-20(27)28-21(2,3)4/h6,8,10,13,24H,5,7,9H2,1-4H3,(H2,23,26)(H,25,27). The predicted octanol–water partition coefficient (Wildman–Crippen LogP) is 4.17. The number of fused-ring (bicyclic) bond motifs is 1. The Morgan fingerprint density at radius 3 is 2.68 bits per heavy atom. The lowest BCUT2D eigenvalue weighted by Gasteiger charge is -2.27. The highest BCUT2D eigenvalue weighted by Crippen LogP contribution is 2.36. The number of H-pyrrole nitrogens is 1. The fraction of sp³-hybridized carbons (Fsp3) is 0.429. The van der Waals surface area contributed by atoms with Crippen molar-refractivity contribution in [2.75, 3.05) is 0 Å². The normalized spacial score (nSPS) is 17.3. The van der Waals surface area contributed by atoms with Gasteiger partial charge in [-0.1, -0.05) is 6.08 Å². The maximum atomic E-state index is 15.0. The highest BCUT2D eigenvalue weighted by atomic mass is 19.1. The number of hydrogen-bond donors (Lipinski definition) is 3. The lowest BCUT2D eigenvalue weighted by molar-refractivity contribution is 0.0502. The van der Waals surface area contributed by atoms with Gasteiger partial charge in [0.1, 0.15) is 11.4 Å². The Labute approximate surface area is 163 Å². The van der Waals surface area contributed by atoms with Gasteiger partial charge in [-0.3, -0.25) is 4.79 Å². The van der Waals surface area contributed by atoms with Crippen LogP contribution in [0.25, 0.3) is 16.5 Å². The van der Waals surface area contributed by atoms with Crippen molar-refractivity contribution in [3.8, 4) is 0 Å². The number of aromatic nitrogens is 1. The number of rotatable bonds is 3. The number of hydrogen-bond acceptors (Lipinski definition) is 3. The number of aryl methyl sites for hydroxylation is 1. The summed E-state index contributed by atoms with van der Waals surface area (Å²) in [6, 6.07) is 2.84. The molecule has 7 heteroatoms. The zero-order valence-electron chi connectivity index (χ0n) is 16.6. The van der Waals surface area contributed by atoms with E-state index in [-0.39, 0.29) is 11.6 Å². The highest BCUT2D eigenvalue weighted by molar-refractivity contribution is 6.08. The Balaban J connectivity index is 1.92. The zero-order valence-corrected chi connectivity index (χ0v) is 16.6. The smallest absolute Gasteiger partial charge is 0.407 e. The van der Waals surface area contributed by atoms with E-state index in [1.807, 2.05) is 19.1 Å². The van der Waals surface area contributed by atoms with E-state index < -0.39 is 23.4 Å². The van der Waals surface area contributed by atoms with Gasteiger partial charge in [0.2, 0.25) is 0 Å². The summed E-state index contributed by atoms with van der Waals surface area (Å²) in [4.78, 5) is 26.9. The summed E-state index contributed by atoms with van der Waals surface area (Å²) < 4.78 is 20.3. The van der Waals surface area contributed by atoms with Gasteiger partial charge < -0.3 is 20.8 Å². The van der Waals surface area contributed by atoms with E-state index in [1.54, 1.807) is 20.8 Å². The number of carbonyl (C=O) groups is 2. The van der Waals surface area contributed by atoms with Crippen LogP contribution in [0.5, 0.6) is 0 Å². The maximum absolute atomic E-state index is 15.0. The second kappa shape index (κ2) is 7.30. The number of amides is 2. The first-order chi connectivity index (χ1) is 13.0. The largest absolute Gasteiger partial charge is 0.444 e. The van der Waals surface area contributed by atoms with Crippen molar-refractivity contribution in [1.29, 1.82) is 0 Å². The molecule has 1 aromatic carbocycles. The Bertz CT molecular complexity index is 969. The van der Waals surface area contributed by atoms with Gasteiger partial charge in [0, 0.05) is 22.7 Å². The van der Waals surface area contributed by atoms with Crippen LogP contribution in [0.2, 0.25) is 0 Å². The van der Waals surface area contributed by atoms with Crippen molar-refractivity contribution in [2.45, 2.75) is 58.6 Å². The molecule has 6 nitrogen and oxygen atoms in total. The van der Waals surface area contributed by atoms with Crippen LogP contribution in [0.15, 0.2) is 18.2 Å². The summed E-state index contributed by atoms with van der Waals surface area (Å²) in [5.74, 6) is -1.18. The number of halogens is 1. The first kappa shape index (κ1) is 19.9. The van der Waals surface area contributed by atoms with Gasteiger partial charge in [0.05, 0.1) is 11.1 Å². The molecule has 1 unspecified atom stereocenters. The molecule has 4 N–H and O–H groups in total. The van der Waals surface area contributed by atoms with Gasteiger partial charge in [0.15, 0.2) is 0 Å². The second-order valence-electron chi connectivity index (χ2n) is 8.24. The fourth-order valence-corrected chi connectivity index (χ4v) is 3.63. The number of carbonyl (C=O) groups excluding carboxylic acids is 2. The average Bonchev–Trinajstić information content (AvgIpc) is 2.93. The van der Waals surface area contributed by atoms with Gasteiger partial charge in [-0.15, -0.1) is 0 Å². The van der Waals surface area contributed by atoms with Gasteiger partial charge in [-0.05, 0) is 64.7 Å². The highest BCUT2D eigenvalue weighted by Gasteiger charge is 2.26. The Hall–Kier alpha value is -2.83. The van der Waals surface area contributed by atoms with Crippen molar-refractivity contribution in [3.63, 3.8) is 0 Å². The van der Waals surface area contributed by atoms with E-state index >= 15 is 0 Å². The molecule has 0 bridgehead atoms. The number of allylic oxidation sites excluding steroid dienone is 1. The molecule has 0 fully saturated rings. The fourth-order valence-electron chi connectivity index (χ4n) is 3.63. The zero-order chi connectivity index (χ0) is 20.6. The van der Waals surface area contributed by atoms with E-state index in [0.717, 1.165) is 17.7 Å². The number of nitrogens with two attached hydrogens (primary N) is 1. The first-order valence-electron chi connectivity index (χ1n) is 9.35. The van der Waals surface area contributed by atoms with Crippen LogP contribution in [0, 0.1) is 12.7 Å². The van der Waals surface area contributed by atoms with Crippen LogP contribution in [-0.2, 0) is 4.74 Å². The van der Waals surface area contributed by atoms with E-state index in [1.165, 1.54) is 6.07 Å². The molecule has 0 aliphatic heterocycles. The molecule has 1 heterocycles. The lowest BCUT2D eigenvalue weighted by Crippen LogP contribution is -2.39. The van der Waals surface area contributed by atoms with Crippen LogP contribution < -0.4 is 11.1 Å². The van der Waals surface area contributed by atoms with Crippen LogP contribution in [0.1, 0.15) is 61.6 Å². The molecular formula is C21H26FN3O3. The maximum Gasteiger partial charge on any atom is 0.407 e. The van der Waals surface area contributed by atoms with Crippen molar-refractivity contribution < 1.29 is 18.7 Å². The Morgan fingerprint density at radius 2 is 2.04 bits per heavy atom. The lowest BCUT2D eigenvalue weighted by atomic mass is 9.87. The van der Waals surface area contributed by atoms with Crippen LogP contribution >= 0.6 is 0 Å². The van der Waals surface area contributed by atoms with Crippen LogP contribution in [0.3, 0.4) is 0 Å². The van der Waals surface area contributed by atoms with Crippen LogP contribution in [-0.4, -0.2) is 28.6 Å². The third-order valence-corrected chi connectivity index (χ3v) is 4.68. The number of alkyl carbamates (subject to hydrolysis) is 1. The molecule has 0 spiro atoms. The molecule has 28 heavy (non-hydrogen) atoms. The number of primary amides is 1. The van der Waals surface area contributed by atoms with E-state index in [2.05, 4.69) is 10.3 Å². The molecule has 1 atom stereocenters. The van der Waals surface area contributed by atoms with E-state index in [0.29, 0.717) is 29.3 Å². The molecule has 1 aliphatic carbocycles. The molecule has 150 valence electrons. The SMILES string of the molecule is Cc1cc2c(C3=CCCC(NC(=O)OC(C)(C)C)C3)c(F)cc(C(N)=O)c2[nH]1. The third-order valence-electron chi connectivity index (χ3n) is 4.68. The molecule has 0 saturated carbocycles. The summed E-state index contributed by atoms with van der Waals surface area (Å²) in [7, 11) is 0. The van der Waals surface area contributed by atoms with Crippen molar-refractivity contribution in [2.24, 2.45) is 5.73 Å². The molecule has 2 aromatic rings. The summed E-state index contributed by atoms with van der Waals surface area (Å²) in [6.07, 6.45) is 3.44.